The SMILES string of the molecule is COc1ccccc1CCCN1CCC[C@H]1c1nc(C(=O)NC2CC2)no1. The average molecular weight is 370 g/mol. The largest absolute Gasteiger partial charge is 0.496 e. The number of amides is 1. The van der Waals surface area contributed by atoms with Gasteiger partial charge in [0.05, 0.1) is 13.2 Å². The number of hydrogen-bond donors (Lipinski definition) is 1. The van der Waals surface area contributed by atoms with Crippen LogP contribution in [0.3, 0.4) is 0 Å². The molecule has 1 aromatic carbocycles. The molecule has 2 fully saturated rings. The number of carbonyl (C=O) groups excluding carboxylic acids is 1. The van der Waals surface area contributed by atoms with Crippen molar-refractivity contribution in [1.82, 2.24) is 20.4 Å². The van der Waals surface area contributed by atoms with Crippen LogP contribution in [0.5, 0.6) is 5.75 Å². The molecular weight excluding hydrogens is 344 g/mol. The highest BCUT2D eigenvalue weighted by Crippen LogP contribution is 2.31. The van der Waals surface area contributed by atoms with Crippen molar-refractivity contribution in [3.63, 3.8) is 0 Å². The Bertz CT molecular complexity index is 787. The number of hydrogen-bond acceptors (Lipinski definition) is 6. The van der Waals surface area contributed by atoms with E-state index in [-0.39, 0.29) is 23.8 Å². The number of benzene rings is 1. The Kier molecular flexibility index (Phi) is 5.38. The monoisotopic (exact) mass is 370 g/mol. The molecule has 2 aliphatic rings. The van der Waals surface area contributed by atoms with E-state index in [9.17, 15) is 4.79 Å². The van der Waals surface area contributed by atoms with E-state index in [1.165, 1.54) is 5.56 Å². The van der Waals surface area contributed by atoms with Crippen molar-refractivity contribution in [3.8, 4) is 5.75 Å². The van der Waals surface area contributed by atoms with Crippen LogP contribution in [-0.2, 0) is 6.42 Å². The van der Waals surface area contributed by atoms with Gasteiger partial charge < -0.3 is 14.6 Å². The number of nitrogens with one attached hydrogen (secondary N) is 1. The maximum absolute atomic E-state index is 12.1. The number of nitrogens with zero attached hydrogens (tertiary/aromatic N) is 3. The van der Waals surface area contributed by atoms with Gasteiger partial charge >= 0.3 is 0 Å². The summed E-state index contributed by atoms with van der Waals surface area (Å²) in [5.41, 5.74) is 1.23. The minimum absolute atomic E-state index is 0.109. The Morgan fingerprint density at radius 1 is 1.33 bits per heavy atom. The summed E-state index contributed by atoms with van der Waals surface area (Å²) < 4.78 is 10.8. The average Bonchev–Trinajstić information content (AvgIpc) is 3.18. The Hall–Kier alpha value is -2.41. The molecule has 27 heavy (non-hydrogen) atoms. The van der Waals surface area contributed by atoms with E-state index in [1.54, 1.807) is 7.11 Å². The number of aromatic nitrogens is 2. The molecule has 7 nitrogen and oxygen atoms in total. The van der Waals surface area contributed by atoms with Crippen LogP contribution in [0.15, 0.2) is 28.8 Å². The molecule has 0 bridgehead atoms. The number of methoxy groups -OCH3 is 1. The molecule has 1 N–H and O–H groups in total. The number of para-hydroxylation sites is 1. The fraction of sp³-hybridized carbons (Fsp3) is 0.550. The summed E-state index contributed by atoms with van der Waals surface area (Å²) in [6, 6.07) is 8.55. The second-order valence-electron chi connectivity index (χ2n) is 7.31. The highest BCUT2D eigenvalue weighted by Gasteiger charge is 2.32. The maximum Gasteiger partial charge on any atom is 0.292 e. The van der Waals surface area contributed by atoms with Gasteiger partial charge in [-0.3, -0.25) is 9.69 Å². The van der Waals surface area contributed by atoms with Gasteiger partial charge in [0.2, 0.25) is 5.89 Å². The first-order chi connectivity index (χ1) is 13.2. The van der Waals surface area contributed by atoms with Crippen LogP contribution >= 0.6 is 0 Å². The molecule has 1 amide bonds. The lowest BCUT2D eigenvalue weighted by atomic mass is 10.1. The fourth-order valence-electron chi connectivity index (χ4n) is 3.70. The molecule has 4 rings (SSSR count). The quantitative estimate of drug-likeness (QED) is 0.770. The third-order valence-electron chi connectivity index (χ3n) is 5.29. The van der Waals surface area contributed by atoms with E-state index in [1.807, 2.05) is 18.2 Å². The first-order valence-electron chi connectivity index (χ1n) is 9.75. The third-order valence-corrected chi connectivity index (χ3v) is 5.29. The molecule has 1 atom stereocenters. The van der Waals surface area contributed by atoms with Crippen LogP contribution in [0.25, 0.3) is 0 Å². The van der Waals surface area contributed by atoms with Gasteiger partial charge in [-0.25, -0.2) is 0 Å². The molecule has 1 aliphatic carbocycles. The summed E-state index contributed by atoms with van der Waals surface area (Å²) in [6.07, 6.45) is 6.16. The molecule has 144 valence electrons. The summed E-state index contributed by atoms with van der Waals surface area (Å²) in [6.45, 7) is 1.97. The molecule has 7 heteroatoms. The predicted molar refractivity (Wildman–Crippen MR) is 99.6 cm³/mol. The van der Waals surface area contributed by atoms with Crippen molar-refractivity contribution in [2.75, 3.05) is 20.2 Å². The van der Waals surface area contributed by atoms with Crippen molar-refractivity contribution in [2.24, 2.45) is 0 Å². The van der Waals surface area contributed by atoms with Gasteiger partial charge in [-0.15, -0.1) is 0 Å². The molecule has 0 spiro atoms. The van der Waals surface area contributed by atoms with E-state index in [0.29, 0.717) is 5.89 Å². The minimum atomic E-state index is -0.229. The number of carbonyl (C=O) groups is 1. The van der Waals surface area contributed by atoms with Gasteiger partial charge in [0, 0.05) is 6.04 Å². The van der Waals surface area contributed by atoms with Crippen molar-refractivity contribution in [3.05, 3.63) is 41.5 Å². The molecular formula is C20H26N4O3. The predicted octanol–water partition coefficient (Wildman–Crippen LogP) is 2.74. The molecule has 1 aromatic heterocycles. The summed E-state index contributed by atoms with van der Waals surface area (Å²) in [5.74, 6) is 1.43. The lowest BCUT2D eigenvalue weighted by Gasteiger charge is -2.21. The fourth-order valence-corrected chi connectivity index (χ4v) is 3.70. The third kappa shape index (κ3) is 4.30. The van der Waals surface area contributed by atoms with E-state index in [2.05, 4.69) is 26.4 Å². The lowest BCUT2D eigenvalue weighted by Crippen LogP contribution is -2.27. The van der Waals surface area contributed by atoms with Crippen LogP contribution < -0.4 is 10.1 Å². The summed E-state index contributed by atoms with van der Waals surface area (Å²) in [7, 11) is 1.71. The molecule has 2 aromatic rings. The molecule has 2 heterocycles. The van der Waals surface area contributed by atoms with Gasteiger partial charge in [-0.2, -0.15) is 4.98 Å². The van der Waals surface area contributed by atoms with E-state index in [0.717, 1.165) is 57.4 Å². The highest BCUT2D eigenvalue weighted by molar-refractivity contribution is 5.90. The number of aryl methyl sites for hydroxylation is 1. The molecule has 0 radical (unpaired) electrons. The second kappa shape index (κ2) is 8.08. The van der Waals surface area contributed by atoms with Crippen LogP contribution in [-0.4, -0.2) is 47.2 Å². The first-order valence-corrected chi connectivity index (χ1v) is 9.75. The lowest BCUT2D eigenvalue weighted by molar-refractivity contribution is 0.0937. The highest BCUT2D eigenvalue weighted by atomic mass is 16.5. The van der Waals surface area contributed by atoms with Crippen LogP contribution in [0, 0.1) is 0 Å². The van der Waals surface area contributed by atoms with Gasteiger partial charge in [0.25, 0.3) is 11.7 Å². The second-order valence-corrected chi connectivity index (χ2v) is 7.31. The van der Waals surface area contributed by atoms with Crippen LogP contribution in [0.1, 0.15) is 60.2 Å². The van der Waals surface area contributed by atoms with Crippen LogP contribution in [0.2, 0.25) is 0 Å². The smallest absolute Gasteiger partial charge is 0.292 e. The molecule has 1 saturated heterocycles. The van der Waals surface area contributed by atoms with Crippen LogP contribution in [0.4, 0.5) is 0 Å². The molecule has 1 aliphatic heterocycles. The Morgan fingerprint density at radius 3 is 3.00 bits per heavy atom. The van der Waals surface area contributed by atoms with E-state index in [4.69, 9.17) is 9.26 Å². The minimum Gasteiger partial charge on any atom is -0.496 e. The number of rotatable bonds is 8. The maximum atomic E-state index is 12.1. The van der Waals surface area contributed by atoms with E-state index < -0.39 is 0 Å². The van der Waals surface area contributed by atoms with Gasteiger partial charge in [0.15, 0.2) is 0 Å². The zero-order valence-corrected chi connectivity index (χ0v) is 15.7. The van der Waals surface area contributed by atoms with Crippen molar-refractivity contribution < 1.29 is 14.1 Å². The Balaban J connectivity index is 1.33. The van der Waals surface area contributed by atoms with Gasteiger partial charge in [-0.05, 0) is 63.2 Å². The van der Waals surface area contributed by atoms with Gasteiger partial charge in [-0.1, -0.05) is 23.4 Å². The summed E-state index contributed by atoms with van der Waals surface area (Å²) in [4.78, 5) is 18.8. The van der Waals surface area contributed by atoms with E-state index >= 15 is 0 Å². The van der Waals surface area contributed by atoms with Crippen molar-refractivity contribution in [2.45, 2.75) is 50.6 Å². The normalized spacial score (nSPS) is 20.0. The summed E-state index contributed by atoms with van der Waals surface area (Å²) >= 11 is 0. The number of ether oxygens (including phenoxy) is 1. The molecule has 0 unspecified atom stereocenters. The Morgan fingerprint density at radius 2 is 2.19 bits per heavy atom. The topological polar surface area (TPSA) is 80.5 Å². The first kappa shape index (κ1) is 18.0. The molecule has 1 saturated carbocycles. The van der Waals surface area contributed by atoms with Crippen molar-refractivity contribution in [1.29, 1.82) is 0 Å². The standard InChI is InChI=1S/C20H26N4O3/c1-26-17-9-3-2-6-14(17)7-4-12-24-13-5-8-16(24)20-22-18(23-27-20)19(25)21-15-10-11-15/h2-3,6,9,15-16H,4-5,7-8,10-13H2,1H3,(H,21,25)/t16-/m0/s1. The number of likely N-dealkylation sites (tertiary alicyclic amines) is 1. The van der Waals surface area contributed by atoms with Gasteiger partial charge in [0.1, 0.15) is 5.75 Å². The zero-order chi connectivity index (χ0) is 18.6. The zero-order valence-electron chi connectivity index (χ0n) is 15.7. The van der Waals surface area contributed by atoms with Crippen molar-refractivity contribution >= 4 is 5.91 Å². The Labute approximate surface area is 159 Å². The summed E-state index contributed by atoms with van der Waals surface area (Å²) in [5, 5.41) is 6.78.